The first-order valence-corrected chi connectivity index (χ1v) is 4.32. The van der Waals surface area contributed by atoms with E-state index >= 15 is 0 Å². The van der Waals surface area contributed by atoms with E-state index in [1.165, 1.54) is 6.92 Å². The van der Waals surface area contributed by atoms with Crippen LogP contribution in [0.15, 0.2) is 0 Å². The Morgan fingerprint density at radius 1 is 1.33 bits per heavy atom. The molecule has 0 N–H and O–H groups in total. The van der Waals surface area contributed by atoms with Gasteiger partial charge in [-0.1, -0.05) is 6.92 Å². The maximum atomic E-state index is 11.2. The van der Waals surface area contributed by atoms with Gasteiger partial charge in [0.2, 0.25) is 0 Å². The molecule has 0 bridgehead atoms. The van der Waals surface area contributed by atoms with Gasteiger partial charge in [0.1, 0.15) is 11.9 Å². The summed E-state index contributed by atoms with van der Waals surface area (Å²) in [5, 5.41) is 0. The Kier molecular flexibility index (Phi) is 2.98. The van der Waals surface area contributed by atoms with Crippen LogP contribution in [-0.4, -0.2) is 23.8 Å². The quantitative estimate of drug-likeness (QED) is 0.580. The molecule has 0 radical (unpaired) electrons. The number of ether oxygens (including phenoxy) is 1. The van der Waals surface area contributed by atoms with E-state index in [9.17, 15) is 9.59 Å². The molecule has 0 aromatic rings. The average molecular weight is 170 g/mol. The Hall–Kier alpha value is -0.700. The number of hydrogen-bond acceptors (Lipinski definition) is 3. The van der Waals surface area contributed by atoms with Crippen LogP contribution in [0.5, 0.6) is 0 Å². The standard InChI is InChI=1S/C9H14O3/c1-3-8-9(12-8)7(11)5-4-6(2)10/h8-9H,3-5H2,1-2H3. The van der Waals surface area contributed by atoms with Crippen LogP contribution in [0.25, 0.3) is 0 Å². The second-order valence-corrected chi connectivity index (χ2v) is 3.17. The summed E-state index contributed by atoms with van der Waals surface area (Å²) in [6.07, 6.45) is 1.51. The van der Waals surface area contributed by atoms with E-state index in [4.69, 9.17) is 4.74 Å². The minimum Gasteiger partial charge on any atom is -0.361 e. The molecular weight excluding hydrogens is 156 g/mol. The lowest BCUT2D eigenvalue weighted by molar-refractivity contribution is -0.124. The van der Waals surface area contributed by atoms with Crippen molar-refractivity contribution in [2.45, 2.75) is 45.3 Å². The number of carbonyl (C=O) groups is 2. The molecule has 1 aliphatic heterocycles. The van der Waals surface area contributed by atoms with Crippen molar-refractivity contribution in [3.8, 4) is 0 Å². The SMILES string of the molecule is CCC1OC1C(=O)CCC(C)=O. The summed E-state index contributed by atoms with van der Waals surface area (Å²) < 4.78 is 5.10. The van der Waals surface area contributed by atoms with Crippen LogP contribution in [0.3, 0.4) is 0 Å². The Balaban J connectivity index is 2.18. The van der Waals surface area contributed by atoms with Crippen LogP contribution in [0, 0.1) is 0 Å². The van der Waals surface area contributed by atoms with Gasteiger partial charge in [-0.15, -0.1) is 0 Å². The van der Waals surface area contributed by atoms with Crippen molar-refractivity contribution in [3.63, 3.8) is 0 Å². The van der Waals surface area contributed by atoms with Crippen LogP contribution >= 0.6 is 0 Å². The Labute approximate surface area is 72.1 Å². The highest BCUT2D eigenvalue weighted by atomic mass is 16.6. The van der Waals surface area contributed by atoms with Crippen molar-refractivity contribution in [1.29, 1.82) is 0 Å². The normalized spacial score (nSPS) is 26.8. The fourth-order valence-electron chi connectivity index (χ4n) is 1.18. The van der Waals surface area contributed by atoms with E-state index in [0.29, 0.717) is 12.8 Å². The molecule has 0 aromatic carbocycles. The van der Waals surface area contributed by atoms with E-state index < -0.39 is 0 Å². The van der Waals surface area contributed by atoms with Crippen LogP contribution in [-0.2, 0) is 14.3 Å². The van der Waals surface area contributed by atoms with E-state index in [1.807, 2.05) is 6.92 Å². The summed E-state index contributed by atoms with van der Waals surface area (Å²) in [6, 6.07) is 0. The van der Waals surface area contributed by atoms with E-state index in [0.717, 1.165) is 6.42 Å². The van der Waals surface area contributed by atoms with Gasteiger partial charge in [-0.25, -0.2) is 0 Å². The lowest BCUT2D eigenvalue weighted by Gasteiger charge is -1.92. The van der Waals surface area contributed by atoms with Gasteiger partial charge >= 0.3 is 0 Å². The second-order valence-electron chi connectivity index (χ2n) is 3.17. The molecule has 68 valence electrons. The average Bonchev–Trinajstić information content (AvgIpc) is 2.78. The monoisotopic (exact) mass is 170 g/mol. The van der Waals surface area contributed by atoms with Gasteiger partial charge in [0.25, 0.3) is 0 Å². The Morgan fingerprint density at radius 2 is 2.00 bits per heavy atom. The fraction of sp³-hybridized carbons (Fsp3) is 0.778. The minimum atomic E-state index is -0.200. The molecule has 0 spiro atoms. The largest absolute Gasteiger partial charge is 0.361 e. The van der Waals surface area contributed by atoms with Crippen LogP contribution in [0.2, 0.25) is 0 Å². The highest BCUT2D eigenvalue weighted by Gasteiger charge is 2.42. The number of epoxide rings is 1. The summed E-state index contributed by atoms with van der Waals surface area (Å²) in [5.41, 5.74) is 0. The Morgan fingerprint density at radius 3 is 2.42 bits per heavy atom. The minimum absolute atomic E-state index is 0.0667. The summed E-state index contributed by atoms with van der Waals surface area (Å²) in [6.45, 7) is 3.49. The van der Waals surface area contributed by atoms with Gasteiger partial charge in [0, 0.05) is 12.8 Å². The first-order chi connectivity index (χ1) is 5.65. The lowest BCUT2D eigenvalue weighted by Crippen LogP contribution is -2.10. The summed E-state index contributed by atoms with van der Waals surface area (Å²) in [4.78, 5) is 21.8. The highest BCUT2D eigenvalue weighted by molar-refractivity contribution is 5.89. The molecular formula is C9H14O3. The maximum Gasteiger partial charge on any atom is 0.164 e. The molecule has 1 heterocycles. The first kappa shape index (κ1) is 9.39. The first-order valence-electron chi connectivity index (χ1n) is 4.32. The third kappa shape index (κ3) is 2.41. The molecule has 3 heteroatoms. The van der Waals surface area contributed by atoms with Gasteiger partial charge in [-0.2, -0.15) is 0 Å². The predicted octanol–water partition coefficient (Wildman–Crippen LogP) is 1.10. The molecule has 1 aliphatic rings. The number of rotatable bonds is 5. The van der Waals surface area contributed by atoms with Crippen molar-refractivity contribution >= 4 is 11.6 Å². The van der Waals surface area contributed by atoms with Crippen molar-refractivity contribution in [1.82, 2.24) is 0 Å². The number of hydrogen-bond donors (Lipinski definition) is 0. The molecule has 2 atom stereocenters. The fourth-order valence-corrected chi connectivity index (χ4v) is 1.18. The van der Waals surface area contributed by atoms with Crippen molar-refractivity contribution in [2.75, 3.05) is 0 Å². The molecule has 1 saturated heterocycles. The van der Waals surface area contributed by atoms with Crippen LogP contribution in [0.1, 0.15) is 33.1 Å². The predicted molar refractivity (Wildman–Crippen MR) is 43.9 cm³/mol. The van der Waals surface area contributed by atoms with Crippen molar-refractivity contribution in [3.05, 3.63) is 0 Å². The van der Waals surface area contributed by atoms with Gasteiger partial charge in [-0.3, -0.25) is 4.79 Å². The smallest absolute Gasteiger partial charge is 0.164 e. The third-order valence-corrected chi connectivity index (χ3v) is 2.03. The molecule has 12 heavy (non-hydrogen) atoms. The molecule has 0 amide bonds. The second kappa shape index (κ2) is 3.81. The zero-order valence-electron chi connectivity index (χ0n) is 7.50. The molecule has 0 saturated carbocycles. The highest BCUT2D eigenvalue weighted by Crippen LogP contribution is 2.26. The van der Waals surface area contributed by atoms with Crippen LogP contribution in [0.4, 0.5) is 0 Å². The zero-order valence-corrected chi connectivity index (χ0v) is 7.50. The summed E-state index contributed by atoms with van der Waals surface area (Å²) in [5.74, 6) is 0.147. The third-order valence-electron chi connectivity index (χ3n) is 2.03. The zero-order chi connectivity index (χ0) is 9.14. The topological polar surface area (TPSA) is 46.7 Å². The summed E-state index contributed by atoms with van der Waals surface area (Å²) in [7, 11) is 0. The van der Waals surface area contributed by atoms with E-state index in [1.54, 1.807) is 0 Å². The van der Waals surface area contributed by atoms with Crippen molar-refractivity contribution in [2.24, 2.45) is 0 Å². The van der Waals surface area contributed by atoms with E-state index in [2.05, 4.69) is 0 Å². The number of carbonyl (C=O) groups excluding carboxylic acids is 2. The number of ketones is 2. The Bertz CT molecular complexity index is 198. The molecule has 3 nitrogen and oxygen atoms in total. The number of Topliss-reactive ketones (excluding diaryl/α,β-unsaturated/α-hetero) is 2. The van der Waals surface area contributed by atoms with Crippen molar-refractivity contribution < 1.29 is 14.3 Å². The van der Waals surface area contributed by atoms with Gasteiger partial charge < -0.3 is 9.53 Å². The molecule has 2 unspecified atom stereocenters. The maximum absolute atomic E-state index is 11.2. The van der Waals surface area contributed by atoms with Gasteiger partial charge in [-0.05, 0) is 13.3 Å². The molecule has 1 fully saturated rings. The van der Waals surface area contributed by atoms with Gasteiger partial charge in [0.05, 0.1) is 6.10 Å². The summed E-state index contributed by atoms with van der Waals surface area (Å²) >= 11 is 0. The molecule has 1 rings (SSSR count). The lowest BCUT2D eigenvalue weighted by atomic mass is 10.1. The van der Waals surface area contributed by atoms with E-state index in [-0.39, 0.29) is 23.8 Å². The molecule has 0 aliphatic carbocycles. The molecule has 0 aromatic heterocycles. The van der Waals surface area contributed by atoms with Gasteiger partial charge in [0.15, 0.2) is 5.78 Å². The van der Waals surface area contributed by atoms with Crippen LogP contribution < -0.4 is 0 Å².